The van der Waals surface area contributed by atoms with Gasteiger partial charge in [-0.25, -0.2) is 13.2 Å². The standard InChI is InChI=1S/C14H11F3N2O2/c1-21-11-5-2-7(18)6-10(11)19-14(20)8-3-4-9(15)13(17)12(8)16/h2-6H,18H2,1H3,(H,19,20). The average Bonchev–Trinajstić information content (AvgIpc) is 2.45. The van der Waals surface area contributed by atoms with Gasteiger partial charge in [0.1, 0.15) is 5.75 Å². The molecule has 0 radical (unpaired) electrons. The van der Waals surface area contributed by atoms with Crippen molar-refractivity contribution in [1.82, 2.24) is 0 Å². The minimum Gasteiger partial charge on any atom is -0.495 e. The Balaban J connectivity index is 2.35. The van der Waals surface area contributed by atoms with Gasteiger partial charge in [-0.05, 0) is 30.3 Å². The van der Waals surface area contributed by atoms with Gasteiger partial charge in [0.25, 0.3) is 5.91 Å². The average molecular weight is 296 g/mol. The Morgan fingerprint density at radius 3 is 2.52 bits per heavy atom. The number of carbonyl (C=O) groups is 1. The van der Waals surface area contributed by atoms with Crippen molar-refractivity contribution in [3.63, 3.8) is 0 Å². The number of hydrogen-bond acceptors (Lipinski definition) is 3. The van der Waals surface area contributed by atoms with Crippen LogP contribution in [0.2, 0.25) is 0 Å². The predicted octanol–water partition coefficient (Wildman–Crippen LogP) is 2.95. The van der Waals surface area contributed by atoms with Gasteiger partial charge in [-0.15, -0.1) is 0 Å². The Morgan fingerprint density at radius 2 is 1.86 bits per heavy atom. The molecule has 1 amide bonds. The molecule has 0 fully saturated rings. The molecule has 0 aliphatic rings. The molecule has 0 atom stereocenters. The number of methoxy groups -OCH3 is 1. The number of ether oxygens (including phenoxy) is 1. The first-order chi connectivity index (χ1) is 9.93. The van der Waals surface area contributed by atoms with Crippen molar-refractivity contribution in [2.75, 3.05) is 18.2 Å². The second-order valence-corrected chi connectivity index (χ2v) is 4.14. The summed E-state index contributed by atoms with van der Waals surface area (Å²) in [5.41, 5.74) is 5.48. The number of halogens is 3. The van der Waals surface area contributed by atoms with Crippen molar-refractivity contribution in [3.8, 4) is 5.75 Å². The summed E-state index contributed by atoms with van der Waals surface area (Å²) in [7, 11) is 1.37. The van der Waals surface area contributed by atoms with Crippen LogP contribution in [0.3, 0.4) is 0 Å². The molecule has 7 heteroatoms. The van der Waals surface area contributed by atoms with E-state index in [1.54, 1.807) is 6.07 Å². The van der Waals surface area contributed by atoms with Crippen LogP contribution in [0, 0.1) is 17.5 Å². The number of carbonyl (C=O) groups excluding carboxylic acids is 1. The summed E-state index contributed by atoms with van der Waals surface area (Å²) in [6, 6.07) is 5.97. The molecule has 3 N–H and O–H groups in total. The third kappa shape index (κ3) is 2.91. The zero-order chi connectivity index (χ0) is 15.6. The number of anilines is 2. The molecule has 0 unspecified atom stereocenters. The molecule has 0 saturated carbocycles. The zero-order valence-electron chi connectivity index (χ0n) is 10.9. The van der Waals surface area contributed by atoms with Gasteiger partial charge >= 0.3 is 0 Å². The Kier molecular flexibility index (Phi) is 4.02. The molecule has 21 heavy (non-hydrogen) atoms. The second-order valence-electron chi connectivity index (χ2n) is 4.14. The number of amides is 1. The van der Waals surface area contributed by atoms with Crippen LogP contribution in [-0.4, -0.2) is 13.0 Å². The number of nitrogens with two attached hydrogens (primary N) is 1. The fourth-order valence-corrected chi connectivity index (χ4v) is 1.71. The summed E-state index contributed by atoms with van der Waals surface area (Å²) in [6.45, 7) is 0. The summed E-state index contributed by atoms with van der Waals surface area (Å²) in [5, 5.41) is 2.33. The van der Waals surface area contributed by atoms with E-state index in [1.165, 1.54) is 19.2 Å². The molecule has 0 spiro atoms. The molecule has 4 nitrogen and oxygen atoms in total. The van der Waals surface area contributed by atoms with Gasteiger partial charge in [-0.1, -0.05) is 0 Å². The summed E-state index contributed by atoms with van der Waals surface area (Å²) < 4.78 is 44.5. The van der Waals surface area contributed by atoms with E-state index in [2.05, 4.69) is 5.32 Å². The van der Waals surface area contributed by atoms with E-state index < -0.39 is 28.9 Å². The predicted molar refractivity (Wildman–Crippen MR) is 71.7 cm³/mol. The largest absolute Gasteiger partial charge is 0.495 e. The van der Waals surface area contributed by atoms with Crippen LogP contribution in [0.1, 0.15) is 10.4 Å². The van der Waals surface area contributed by atoms with Crippen molar-refractivity contribution in [2.24, 2.45) is 0 Å². The molecule has 0 aromatic heterocycles. The highest BCUT2D eigenvalue weighted by molar-refractivity contribution is 6.05. The highest BCUT2D eigenvalue weighted by Crippen LogP contribution is 2.27. The fourth-order valence-electron chi connectivity index (χ4n) is 1.71. The van der Waals surface area contributed by atoms with Crippen molar-refractivity contribution >= 4 is 17.3 Å². The van der Waals surface area contributed by atoms with Crippen LogP contribution in [0.15, 0.2) is 30.3 Å². The lowest BCUT2D eigenvalue weighted by molar-refractivity contribution is 0.102. The zero-order valence-corrected chi connectivity index (χ0v) is 10.9. The second kappa shape index (κ2) is 5.74. The monoisotopic (exact) mass is 296 g/mol. The fraction of sp³-hybridized carbons (Fsp3) is 0.0714. The molecule has 0 aliphatic heterocycles. The van der Waals surface area contributed by atoms with E-state index in [1.807, 2.05) is 0 Å². The van der Waals surface area contributed by atoms with Gasteiger partial charge in [0.2, 0.25) is 0 Å². The molecule has 0 bridgehead atoms. The molecule has 2 aromatic carbocycles. The van der Waals surface area contributed by atoms with Gasteiger partial charge in [0.15, 0.2) is 17.5 Å². The summed E-state index contributed by atoms with van der Waals surface area (Å²) in [6.07, 6.45) is 0. The SMILES string of the molecule is COc1ccc(N)cc1NC(=O)c1ccc(F)c(F)c1F. The molecule has 0 heterocycles. The van der Waals surface area contributed by atoms with E-state index >= 15 is 0 Å². The number of benzene rings is 2. The van der Waals surface area contributed by atoms with E-state index in [9.17, 15) is 18.0 Å². The third-order valence-corrected chi connectivity index (χ3v) is 2.75. The van der Waals surface area contributed by atoms with E-state index in [-0.39, 0.29) is 5.69 Å². The molecule has 2 rings (SSSR count). The molecule has 0 aliphatic carbocycles. The smallest absolute Gasteiger partial charge is 0.258 e. The van der Waals surface area contributed by atoms with E-state index in [0.29, 0.717) is 17.5 Å². The van der Waals surface area contributed by atoms with Crippen LogP contribution < -0.4 is 15.8 Å². The number of hydrogen-bond donors (Lipinski definition) is 2. The van der Waals surface area contributed by atoms with Gasteiger partial charge in [-0.2, -0.15) is 0 Å². The van der Waals surface area contributed by atoms with Crippen molar-refractivity contribution in [3.05, 3.63) is 53.3 Å². The molecular formula is C14H11F3N2O2. The van der Waals surface area contributed by atoms with Crippen LogP contribution in [0.4, 0.5) is 24.5 Å². The Morgan fingerprint density at radius 1 is 1.14 bits per heavy atom. The first kappa shape index (κ1) is 14.7. The first-order valence-corrected chi connectivity index (χ1v) is 5.82. The number of nitrogens with one attached hydrogen (secondary N) is 1. The summed E-state index contributed by atoms with van der Waals surface area (Å²) in [4.78, 5) is 11.9. The van der Waals surface area contributed by atoms with E-state index in [0.717, 1.165) is 6.07 Å². The van der Waals surface area contributed by atoms with Crippen LogP contribution in [0.5, 0.6) is 5.75 Å². The lowest BCUT2D eigenvalue weighted by Gasteiger charge is -2.11. The molecule has 0 saturated heterocycles. The Hall–Kier alpha value is -2.70. The highest BCUT2D eigenvalue weighted by atomic mass is 19.2. The summed E-state index contributed by atoms with van der Waals surface area (Å²) >= 11 is 0. The van der Waals surface area contributed by atoms with Gasteiger partial charge in [0, 0.05) is 5.69 Å². The number of rotatable bonds is 3. The molecule has 110 valence electrons. The lowest BCUT2D eigenvalue weighted by Crippen LogP contribution is -2.16. The Labute approximate surface area is 118 Å². The van der Waals surface area contributed by atoms with Crippen molar-refractivity contribution < 1.29 is 22.7 Å². The molecular weight excluding hydrogens is 285 g/mol. The minimum atomic E-state index is -1.71. The molecule has 2 aromatic rings. The maximum absolute atomic E-state index is 13.5. The van der Waals surface area contributed by atoms with Crippen molar-refractivity contribution in [2.45, 2.75) is 0 Å². The minimum absolute atomic E-state index is 0.187. The topological polar surface area (TPSA) is 64.3 Å². The van der Waals surface area contributed by atoms with Crippen LogP contribution in [-0.2, 0) is 0 Å². The highest BCUT2D eigenvalue weighted by Gasteiger charge is 2.19. The summed E-state index contributed by atoms with van der Waals surface area (Å²) in [5.74, 6) is -5.29. The quantitative estimate of drug-likeness (QED) is 0.676. The lowest BCUT2D eigenvalue weighted by atomic mass is 10.1. The third-order valence-electron chi connectivity index (χ3n) is 2.75. The van der Waals surface area contributed by atoms with Gasteiger partial charge < -0.3 is 15.8 Å². The number of nitrogen functional groups attached to an aromatic ring is 1. The maximum Gasteiger partial charge on any atom is 0.258 e. The van der Waals surface area contributed by atoms with Crippen molar-refractivity contribution in [1.29, 1.82) is 0 Å². The first-order valence-electron chi connectivity index (χ1n) is 5.82. The van der Waals surface area contributed by atoms with Gasteiger partial charge in [-0.3, -0.25) is 4.79 Å². The Bertz CT molecular complexity index is 705. The maximum atomic E-state index is 13.5. The van der Waals surface area contributed by atoms with Crippen LogP contribution >= 0.6 is 0 Å². The normalized spacial score (nSPS) is 10.3. The van der Waals surface area contributed by atoms with Gasteiger partial charge in [0.05, 0.1) is 18.4 Å². The van der Waals surface area contributed by atoms with Crippen LogP contribution in [0.25, 0.3) is 0 Å². The van der Waals surface area contributed by atoms with E-state index in [4.69, 9.17) is 10.5 Å².